The predicted molar refractivity (Wildman–Crippen MR) is 78.0 cm³/mol. The molecule has 0 atom stereocenters. The quantitative estimate of drug-likeness (QED) is 0.770. The number of aryl methyl sites for hydroxylation is 1. The molecule has 1 aromatic rings. The van der Waals surface area contributed by atoms with Gasteiger partial charge in [0.05, 0.1) is 18.8 Å². The summed E-state index contributed by atoms with van der Waals surface area (Å²) in [6.07, 6.45) is 0.295. The lowest BCUT2D eigenvalue weighted by molar-refractivity contribution is -0.121. The molecule has 1 heterocycles. The number of aromatic nitrogens is 3. The highest BCUT2D eigenvalue weighted by Crippen LogP contribution is 2.18. The Hall–Kier alpha value is -1.92. The number of ether oxygens (including phenoxy) is 1. The number of hydrogen-bond acceptors (Lipinski definition) is 5. The predicted octanol–water partition coefficient (Wildman–Crippen LogP) is 1.49. The van der Waals surface area contributed by atoms with Crippen LogP contribution in [0.4, 0.5) is 0 Å². The van der Waals surface area contributed by atoms with Crippen molar-refractivity contribution < 1.29 is 14.3 Å². The fourth-order valence-corrected chi connectivity index (χ4v) is 2.00. The standard InChI is InChI=1S/C14H24N4O3/c1-6-21-14(20)12-13(9(2)3)18(17-16-12)8-7-11(19)15-10(4)5/h9-10H,6-8H2,1-5H3,(H,15,19). The normalized spacial score (nSPS) is 11.0. The molecule has 0 saturated heterocycles. The maximum Gasteiger partial charge on any atom is 0.360 e. The Kier molecular flexibility index (Phi) is 6.33. The van der Waals surface area contributed by atoms with Gasteiger partial charge in [-0.3, -0.25) is 4.79 Å². The number of carbonyl (C=O) groups is 2. The number of amides is 1. The van der Waals surface area contributed by atoms with Crippen LogP contribution in [0.2, 0.25) is 0 Å². The number of carbonyl (C=O) groups excluding carboxylic acids is 2. The first-order valence-electron chi connectivity index (χ1n) is 7.26. The van der Waals surface area contributed by atoms with E-state index in [1.807, 2.05) is 27.7 Å². The van der Waals surface area contributed by atoms with E-state index in [0.29, 0.717) is 25.3 Å². The van der Waals surface area contributed by atoms with Crippen molar-refractivity contribution in [2.24, 2.45) is 0 Å². The van der Waals surface area contributed by atoms with Gasteiger partial charge in [0.25, 0.3) is 0 Å². The summed E-state index contributed by atoms with van der Waals surface area (Å²) in [5.74, 6) is -0.459. The third-order valence-corrected chi connectivity index (χ3v) is 2.79. The first-order valence-corrected chi connectivity index (χ1v) is 7.26. The molecule has 0 radical (unpaired) electrons. The van der Waals surface area contributed by atoms with E-state index in [0.717, 1.165) is 0 Å². The topological polar surface area (TPSA) is 86.1 Å². The molecule has 118 valence electrons. The van der Waals surface area contributed by atoms with Gasteiger partial charge in [0, 0.05) is 12.5 Å². The van der Waals surface area contributed by atoms with Crippen molar-refractivity contribution in [3.05, 3.63) is 11.4 Å². The van der Waals surface area contributed by atoms with Crippen molar-refractivity contribution >= 4 is 11.9 Å². The molecule has 0 unspecified atom stereocenters. The Bertz CT molecular complexity index is 494. The van der Waals surface area contributed by atoms with Gasteiger partial charge >= 0.3 is 5.97 Å². The van der Waals surface area contributed by atoms with Gasteiger partial charge in [0.2, 0.25) is 5.91 Å². The molecule has 0 bridgehead atoms. The van der Waals surface area contributed by atoms with Crippen LogP contribution in [0.5, 0.6) is 0 Å². The van der Waals surface area contributed by atoms with Crippen molar-refractivity contribution in [1.82, 2.24) is 20.3 Å². The second-order valence-electron chi connectivity index (χ2n) is 5.39. The van der Waals surface area contributed by atoms with Crippen molar-refractivity contribution in [2.45, 2.75) is 59.5 Å². The van der Waals surface area contributed by atoms with E-state index < -0.39 is 5.97 Å². The van der Waals surface area contributed by atoms with Crippen LogP contribution in [-0.4, -0.2) is 39.5 Å². The Morgan fingerprint density at radius 2 is 1.95 bits per heavy atom. The van der Waals surface area contributed by atoms with E-state index in [-0.39, 0.29) is 23.6 Å². The smallest absolute Gasteiger partial charge is 0.360 e. The molecule has 0 spiro atoms. The molecular formula is C14H24N4O3. The number of nitrogens with zero attached hydrogens (tertiary/aromatic N) is 3. The highest BCUT2D eigenvalue weighted by molar-refractivity contribution is 5.88. The summed E-state index contributed by atoms with van der Waals surface area (Å²) in [7, 11) is 0. The van der Waals surface area contributed by atoms with E-state index >= 15 is 0 Å². The van der Waals surface area contributed by atoms with Gasteiger partial charge in [-0.1, -0.05) is 19.1 Å². The van der Waals surface area contributed by atoms with Crippen LogP contribution in [0.15, 0.2) is 0 Å². The van der Waals surface area contributed by atoms with Crippen molar-refractivity contribution in [3.8, 4) is 0 Å². The van der Waals surface area contributed by atoms with Crippen LogP contribution < -0.4 is 5.32 Å². The monoisotopic (exact) mass is 296 g/mol. The Labute approximate surface area is 125 Å². The fourth-order valence-electron chi connectivity index (χ4n) is 2.00. The molecule has 21 heavy (non-hydrogen) atoms. The lowest BCUT2D eigenvalue weighted by atomic mass is 10.1. The second-order valence-corrected chi connectivity index (χ2v) is 5.39. The zero-order valence-corrected chi connectivity index (χ0v) is 13.3. The molecule has 7 heteroatoms. The zero-order chi connectivity index (χ0) is 16.0. The van der Waals surface area contributed by atoms with Crippen LogP contribution in [0.25, 0.3) is 0 Å². The van der Waals surface area contributed by atoms with Crippen LogP contribution in [0.1, 0.15) is 63.1 Å². The molecule has 1 amide bonds. The van der Waals surface area contributed by atoms with Crippen molar-refractivity contribution in [1.29, 1.82) is 0 Å². The fraction of sp³-hybridized carbons (Fsp3) is 0.714. The third-order valence-electron chi connectivity index (χ3n) is 2.79. The summed E-state index contributed by atoms with van der Waals surface area (Å²) in [4.78, 5) is 23.5. The number of hydrogen-bond donors (Lipinski definition) is 1. The maximum atomic E-state index is 11.8. The molecular weight excluding hydrogens is 272 g/mol. The molecule has 7 nitrogen and oxygen atoms in total. The van der Waals surface area contributed by atoms with Crippen molar-refractivity contribution in [3.63, 3.8) is 0 Å². The highest BCUT2D eigenvalue weighted by Gasteiger charge is 2.23. The van der Waals surface area contributed by atoms with E-state index in [1.54, 1.807) is 11.6 Å². The van der Waals surface area contributed by atoms with Gasteiger partial charge in [-0.25, -0.2) is 9.48 Å². The number of rotatable bonds is 7. The van der Waals surface area contributed by atoms with E-state index in [1.165, 1.54) is 0 Å². The Balaban J connectivity index is 2.83. The first-order chi connectivity index (χ1) is 9.86. The summed E-state index contributed by atoms with van der Waals surface area (Å²) >= 11 is 0. The molecule has 0 aliphatic rings. The average Bonchev–Trinajstić information content (AvgIpc) is 2.79. The van der Waals surface area contributed by atoms with E-state index in [2.05, 4.69) is 15.6 Å². The molecule has 1 N–H and O–H groups in total. The van der Waals surface area contributed by atoms with E-state index in [4.69, 9.17) is 4.74 Å². The zero-order valence-electron chi connectivity index (χ0n) is 13.3. The summed E-state index contributed by atoms with van der Waals surface area (Å²) < 4.78 is 6.58. The van der Waals surface area contributed by atoms with Gasteiger partial charge in [0.1, 0.15) is 0 Å². The van der Waals surface area contributed by atoms with Crippen LogP contribution in [0, 0.1) is 0 Å². The van der Waals surface area contributed by atoms with Gasteiger partial charge in [0.15, 0.2) is 5.69 Å². The van der Waals surface area contributed by atoms with Crippen LogP contribution >= 0.6 is 0 Å². The van der Waals surface area contributed by atoms with Crippen molar-refractivity contribution in [2.75, 3.05) is 6.61 Å². The first kappa shape index (κ1) is 17.1. The summed E-state index contributed by atoms with van der Waals surface area (Å²) in [5.41, 5.74) is 0.932. The van der Waals surface area contributed by atoms with Gasteiger partial charge in [-0.05, 0) is 26.7 Å². The average molecular weight is 296 g/mol. The maximum absolute atomic E-state index is 11.8. The van der Waals surface area contributed by atoms with Crippen LogP contribution in [0.3, 0.4) is 0 Å². The minimum Gasteiger partial charge on any atom is -0.461 e. The van der Waals surface area contributed by atoms with Crippen LogP contribution in [-0.2, 0) is 16.1 Å². The minimum absolute atomic E-state index is 0.0482. The lowest BCUT2D eigenvalue weighted by Gasteiger charge is -2.11. The molecule has 0 aromatic carbocycles. The minimum atomic E-state index is -0.473. The van der Waals surface area contributed by atoms with Gasteiger partial charge in [-0.2, -0.15) is 0 Å². The summed E-state index contributed by atoms with van der Waals surface area (Å²) in [6, 6.07) is 0.105. The molecule has 1 aromatic heterocycles. The Morgan fingerprint density at radius 3 is 2.48 bits per heavy atom. The summed E-state index contributed by atoms with van der Waals surface area (Å²) in [5, 5.41) is 10.7. The van der Waals surface area contributed by atoms with Gasteiger partial charge in [-0.15, -0.1) is 5.10 Å². The molecule has 0 aliphatic heterocycles. The number of nitrogens with one attached hydrogen (secondary N) is 1. The number of esters is 1. The third kappa shape index (κ3) is 4.84. The molecule has 1 rings (SSSR count). The van der Waals surface area contributed by atoms with E-state index in [9.17, 15) is 9.59 Å². The summed E-state index contributed by atoms with van der Waals surface area (Å²) in [6.45, 7) is 10.1. The highest BCUT2D eigenvalue weighted by atomic mass is 16.5. The second kappa shape index (κ2) is 7.75. The SMILES string of the molecule is CCOC(=O)c1nnn(CCC(=O)NC(C)C)c1C(C)C. The van der Waals surface area contributed by atoms with Gasteiger partial charge < -0.3 is 10.1 Å². The molecule has 0 fully saturated rings. The molecule has 0 aliphatic carbocycles. The Morgan fingerprint density at radius 1 is 1.29 bits per heavy atom. The molecule has 0 saturated carbocycles. The lowest BCUT2D eigenvalue weighted by Crippen LogP contribution is -2.31. The largest absolute Gasteiger partial charge is 0.461 e.